The first-order chi connectivity index (χ1) is 18.3. The molecule has 0 unspecified atom stereocenters. The number of amides is 1. The number of nitrogens with two attached hydrogens (primary N) is 1. The van der Waals surface area contributed by atoms with Crippen molar-refractivity contribution in [2.75, 3.05) is 24.6 Å². The number of primary amides is 1. The van der Waals surface area contributed by atoms with Crippen molar-refractivity contribution in [1.29, 1.82) is 5.26 Å². The molecule has 4 rings (SSSR count). The van der Waals surface area contributed by atoms with Gasteiger partial charge in [-0.05, 0) is 51.2 Å². The molecule has 1 aromatic carbocycles. The van der Waals surface area contributed by atoms with E-state index in [0.29, 0.717) is 39.4 Å². The van der Waals surface area contributed by atoms with Crippen LogP contribution in [0.3, 0.4) is 0 Å². The number of carbonyl (C=O) groups excluding carboxylic acids is 1. The maximum Gasteiger partial charge on any atom is 0.252 e. The molecule has 9 heteroatoms. The molecule has 2 aromatic rings. The first-order valence-electron chi connectivity index (χ1n) is 13.7. The van der Waals surface area contributed by atoms with Gasteiger partial charge >= 0.3 is 0 Å². The van der Waals surface area contributed by atoms with Crippen molar-refractivity contribution in [2.45, 2.75) is 80.8 Å². The Labute approximate surface area is 238 Å². The van der Waals surface area contributed by atoms with Crippen LogP contribution in [0.5, 0.6) is 5.75 Å². The molecule has 8 nitrogen and oxygen atoms in total. The second-order valence-corrected chi connectivity index (χ2v) is 11.9. The number of halogens is 1. The molecular weight excluding hydrogens is 514 g/mol. The molecular formula is C30H44ClN5O3. The van der Waals surface area contributed by atoms with Crippen LogP contribution in [-0.4, -0.2) is 46.8 Å². The first-order valence-corrected chi connectivity index (χ1v) is 14.0. The van der Waals surface area contributed by atoms with E-state index in [1.807, 2.05) is 26.0 Å². The average Bonchev–Trinajstić information content (AvgIpc) is 2.87. The van der Waals surface area contributed by atoms with Crippen molar-refractivity contribution >= 4 is 23.5 Å². The number of aromatic nitrogens is 2. The van der Waals surface area contributed by atoms with E-state index in [0.717, 1.165) is 38.1 Å². The van der Waals surface area contributed by atoms with Crippen molar-refractivity contribution in [3.8, 4) is 11.8 Å². The monoisotopic (exact) mass is 557 g/mol. The number of benzene rings is 1. The number of piperidine rings is 1. The van der Waals surface area contributed by atoms with Crippen LogP contribution in [0.4, 0.5) is 5.95 Å². The maximum absolute atomic E-state index is 11.3. The summed E-state index contributed by atoms with van der Waals surface area (Å²) in [4.78, 5) is 22.2. The van der Waals surface area contributed by atoms with Crippen LogP contribution >= 0.6 is 11.6 Å². The predicted molar refractivity (Wildman–Crippen MR) is 156 cm³/mol. The largest absolute Gasteiger partial charge is 0.489 e. The van der Waals surface area contributed by atoms with Crippen molar-refractivity contribution in [3.63, 3.8) is 0 Å². The normalized spacial score (nSPS) is 17.9. The van der Waals surface area contributed by atoms with Gasteiger partial charge in [0.05, 0.1) is 27.5 Å². The molecule has 1 saturated heterocycles. The minimum atomic E-state index is -0.486. The summed E-state index contributed by atoms with van der Waals surface area (Å²) in [6.45, 7) is 18.3. The molecule has 1 aliphatic heterocycles. The highest BCUT2D eigenvalue weighted by atomic mass is 35.5. The summed E-state index contributed by atoms with van der Waals surface area (Å²) in [6, 6.07) is 7.29. The van der Waals surface area contributed by atoms with E-state index in [1.54, 1.807) is 26.0 Å². The Kier molecular flexibility index (Phi) is 11.1. The van der Waals surface area contributed by atoms with Crippen LogP contribution < -0.4 is 15.4 Å². The van der Waals surface area contributed by atoms with E-state index >= 15 is 0 Å². The highest BCUT2D eigenvalue weighted by molar-refractivity contribution is 6.31. The molecule has 214 valence electrons. The third-order valence-electron chi connectivity index (χ3n) is 7.31. The highest BCUT2D eigenvalue weighted by Gasteiger charge is 2.54. The lowest BCUT2D eigenvalue weighted by Crippen LogP contribution is -2.58. The number of hydrogen-bond donors (Lipinski definition) is 2. The molecule has 0 atom stereocenters. The van der Waals surface area contributed by atoms with Crippen molar-refractivity contribution in [3.05, 3.63) is 45.7 Å². The number of aryl methyl sites for hydroxylation is 2. The SMILES string of the molecule is CC.CC1(C)CC(C)(C)C1Oc1ccc(C#N)c(Cl)c1.Cc1nc(N2CCC(CO)CC2)nc(C)c1C(N)=O. The molecule has 1 aliphatic carbocycles. The number of rotatable bonds is 5. The van der Waals surface area contributed by atoms with Gasteiger partial charge in [0.1, 0.15) is 17.9 Å². The Hall–Kier alpha value is -2.89. The van der Waals surface area contributed by atoms with Gasteiger partial charge in [-0.15, -0.1) is 0 Å². The summed E-state index contributed by atoms with van der Waals surface area (Å²) < 4.78 is 6.07. The summed E-state index contributed by atoms with van der Waals surface area (Å²) in [5.74, 6) is 1.28. The Bertz CT molecular complexity index is 1150. The Balaban J connectivity index is 0.000000258. The molecule has 1 saturated carbocycles. The summed E-state index contributed by atoms with van der Waals surface area (Å²) in [5, 5.41) is 18.4. The number of ether oxygens (including phenoxy) is 1. The van der Waals surface area contributed by atoms with Gasteiger partial charge in [-0.3, -0.25) is 4.79 Å². The molecule has 3 N–H and O–H groups in total. The lowest BCUT2D eigenvalue weighted by atomic mass is 9.53. The molecule has 0 bridgehead atoms. The van der Waals surface area contributed by atoms with Crippen LogP contribution in [0.25, 0.3) is 0 Å². The average molecular weight is 558 g/mol. The Morgan fingerprint density at radius 2 is 1.69 bits per heavy atom. The number of aliphatic hydroxyl groups excluding tert-OH is 1. The van der Waals surface area contributed by atoms with Gasteiger partial charge in [0.15, 0.2) is 0 Å². The van der Waals surface area contributed by atoms with Gasteiger partial charge in [-0.1, -0.05) is 53.1 Å². The van der Waals surface area contributed by atoms with Gasteiger partial charge in [0, 0.05) is 36.6 Å². The van der Waals surface area contributed by atoms with Crippen molar-refractivity contribution in [1.82, 2.24) is 9.97 Å². The number of aliphatic hydroxyl groups is 1. The first kappa shape index (κ1) is 32.3. The van der Waals surface area contributed by atoms with Crippen LogP contribution in [0.1, 0.15) is 88.1 Å². The van der Waals surface area contributed by atoms with E-state index in [2.05, 4.69) is 42.6 Å². The summed E-state index contributed by atoms with van der Waals surface area (Å²) in [6.07, 6.45) is 3.20. The molecule has 2 heterocycles. The van der Waals surface area contributed by atoms with Gasteiger partial charge in [-0.25, -0.2) is 9.97 Å². The third kappa shape index (κ3) is 7.83. The number of nitrogens with zero attached hydrogens (tertiary/aromatic N) is 4. The summed E-state index contributed by atoms with van der Waals surface area (Å²) in [5.41, 5.74) is 7.83. The number of nitriles is 1. The van der Waals surface area contributed by atoms with E-state index in [1.165, 1.54) is 0 Å². The van der Waals surface area contributed by atoms with Crippen LogP contribution in [0, 0.1) is 41.9 Å². The number of hydrogen-bond acceptors (Lipinski definition) is 7. The topological polar surface area (TPSA) is 125 Å². The molecule has 1 aromatic heterocycles. The third-order valence-corrected chi connectivity index (χ3v) is 7.62. The van der Waals surface area contributed by atoms with Gasteiger partial charge in [0.2, 0.25) is 5.95 Å². The second-order valence-electron chi connectivity index (χ2n) is 11.5. The van der Waals surface area contributed by atoms with E-state index < -0.39 is 5.91 Å². The minimum absolute atomic E-state index is 0.175. The maximum atomic E-state index is 11.3. The smallest absolute Gasteiger partial charge is 0.252 e. The van der Waals surface area contributed by atoms with Crippen LogP contribution in [-0.2, 0) is 0 Å². The fourth-order valence-corrected chi connectivity index (χ4v) is 6.13. The lowest BCUT2D eigenvalue weighted by Gasteiger charge is -2.56. The molecule has 2 aliphatic rings. The van der Waals surface area contributed by atoms with E-state index in [9.17, 15) is 4.79 Å². The number of carbonyl (C=O) groups is 1. The van der Waals surface area contributed by atoms with Crippen LogP contribution in [0.2, 0.25) is 5.02 Å². The van der Waals surface area contributed by atoms with Crippen molar-refractivity contribution in [2.24, 2.45) is 22.5 Å². The minimum Gasteiger partial charge on any atom is -0.489 e. The number of anilines is 1. The fraction of sp³-hybridized carbons (Fsp3) is 0.600. The zero-order valence-corrected chi connectivity index (χ0v) is 25.4. The van der Waals surface area contributed by atoms with Crippen molar-refractivity contribution < 1.29 is 14.6 Å². The Morgan fingerprint density at radius 3 is 2.10 bits per heavy atom. The zero-order valence-electron chi connectivity index (χ0n) is 24.6. The quantitative estimate of drug-likeness (QED) is 0.472. The summed E-state index contributed by atoms with van der Waals surface area (Å²) >= 11 is 6.01. The summed E-state index contributed by atoms with van der Waals surface area (Å²) in [7, 11) is 0. The zero-order chi connectivity index (χ0) is 29.5. The highest BCUT2D eigenvalue weighted by Crippen LogP contribution is 2.55. The van der Waals surface area contributed by atoms with Gasteiger partial charge in [0.25, 0.3) is 5.91 Å². The molecule has 2 fully saturated rings. The molecule has 1 amide bonds. The molecule has 0 radical (unpaired) electrons. The van der Waals surface area contributed by atoms with E-state index in [-0.39, 0.29) is 23.5 Å². The lowest BCUT2D eigenvalue weighted by molar-refractivity contribution is -0.133. The second kappa shape index (κ2) is 13.5. The molecule has 39 heavy (non-hydrogen) atoms. The van der Waals surface area contributed by atoms with E-state index in [4.69, 9.17) is 32.4 Å². The van der Waals surface area contributed by atoms with Crippen LogP contribution in [0.15, 0.2) is 18.2 Å². The van der Waals surface area contributed by atoms with Gasteiger partial charge in [-0.2, -0.15) is 5.26 Å². The fourth-order valence-electron chi connectivity index (χ4n) is 5.91. The predicted octanol–water partition coefficient (Wildman–Crippen LogP) is 5.84. The molecule has 0 spiro atoms. The Morgan fingerprint density at radius 1 is 1.15 bits per heavy atom. The van der Waals surface area contributed by atoms with Gasteiger partial charge < -0.3 is 20.5 Å². The standard InChI is InChI=1S/C15H18ClNO.C13H20N4O2.C2H6/c1-14(2)9-15(3,4)13(14)18-11-6-5-10(8-17)12(16)7-11;1-8-11(12(14)19)9(2)16-13(15-8)17-5-3-10(7-18)4-6-17;1-2/h5-7,13H,9H2,1-4H3;10,18H,3-7H2,1-2H3,(H2,14,19);1-2H3.